The first-order valence-electron chi connectivity index (χ1n) is 5.74. The lowest BCUT2D eigenvalue weighted by molar-refractivity contribution is 0.101. The first kappa shape index (κ1) is 12.9. The Kier molecular flexibility index (Phi) is 3.65. The zero-order chi connectivity index (χ0) is 13.8. The topological polar surface area (TPSA) is 103 Å². The highest BCUT2D eigenvalue weighted by molar-refractivity contribution is 6.06. The van der Waals surface area contributed by atoms with Gasteiger partial charge in [0.2, 0.25) is 11.5 Å². The molecule has 0 saturated carbocycles. The van der Waals surface area contributed by atoms with Crippen molar-refractivity contribution in [2.75, 3.05) is 17.7 Å². The molecule has 19 heavy (non-hydrogen) atoms. The van der Waals surface area contributed by atoms with Crippen molar-refractivity contribution < 1.29 is 14.2 Å². The van der Waals surface area contributed by atoms with Crippen molar-refractivity contribution in [3.63, 3.8) is 0 Å². The predicted octanol–water partition coefficient (Wildman–Crippen LogP) is 1.61. The molecular formula is C12H14N4O3. The van der Waals surface area contributed by atoms with Crippen LogP contribution >= 0.6 is 0 Å². The molecule has 0 bridgehead atoms. The molecule has 7 nitrogen and oxygen atoms in total. The Labute approximate surface area is 109 Å². The number of carbonyl (C=O) groups is 1. The fourth-order valence-corrected chi connectivity index (χ4v) is 1.54. The molecule has 0 radical (unpaired) electrons. The smallest absolute Gasteiger partial charge is 0.281 e. The zero-order valence-electron chi connectivity index (χ0n) is 10.6. The van der Waals surface area contributed by atoms with E-state index in [1.165, 1.54) is 0 Å². The highest BCUT2D eigenvalue weighted by atomic mass is 16.6. The van der Waals surface area contributed by atoms with Gasteiger partial charge >= 0.3 is 0 Å². The quantitative estimate of drug-likeness (QED) is 0.867. The molecule has 0 unspecified atom stereocenters. The van der Waals surface area contributed by atoms with Gasteiger partial charge in [-0.2, -0.15) is 0 Å². The lowest BCUT2D eigenvalue weighted by Gasteiger charge is -2.11. The second-order valence-corrected chi connectivity index (χ2v) is 3.88. The van der Waals surface area contributed by atoms with E-state index in [2.05, 4.69) is 20.3 Å². The van der Waals surface area contributed by atoms with E-state index in [1.54, 1.807) is 6.07 Å². The molecule has 3 N–H and O–H groups in total. The van der Waals surface area contributed by atoms with Gasteiger partial charge in [-0.25, -0.2) is 4.63 Å². The van der Waals surface area contributed by atoms with Gasteiger partial charge in [-0.05, 0) is 41.9 Å². The minimum absolute atomic E-state index is 0.0528. The Morgan fingerprint density at radius 2 is 2.26 bits per heavy atom. The van der Waals surface area contributed by atoms with E-state index in [9.17, 15) is 4.79 Å². The summed E-state index contributed by atoms with van der Waals surface area (Å²) < 4.78 is 9.84. The third-order valence-corrected chi connectivity index (χ3v) is 2.41. The molecule has 0 spiro atoms. The summed E-state index contributed by atoms with van der Waals surface area (Å²) in [6.07, 6.45) is 0. The minimum Gasteiger partial charge on any atom is -0.492 e. The number of ether oxygens (including phenoxy) is 1. The van der Waals surface area contributed by atoms with Crippen LogP contribution in [0.15, 0.2) is 22.8 Å². The van der Waals surface area contributed by atoms with Crippen LogP contribution in [-0.4, -0.2) is 22.8 Å². The van der Waals surface area contributed by atoms with Crippen molar-refractivity contribution >= 4 is 17.4 Å². The van der Waals surface area contributed by atoms with E-state index in [0.29, 0.717) is 18.0 Å². The maximum atomic E-state index is 11.9. The Hall–Kier alpha value is -2.57. The molecule has 1 aromatic heterocycles. The molecule has 0 atom stereocenters. The Morgan fingerprint density at radius 3 is 2.89 bits per heavy atom. The van der Waals surface area contributed by atoms with Crippen molar-refractivity contribution in [2.24, 2.45) is 0 Å². The lowest BCUT2D eigenvalue weighted by atomic mass is 10.2. The second kappa shape index (κ2) is 5.38. The number of amides is 1. The number of benzene rings is 1. The monoisotopic (exact) mass is 262 g/mol. The minimum atomic E-state index is -0.497. The van der Waals surface area contributed by atoms with Gasteiger partial charge in [0.15, 0.2) is 0 Å². The number of hydrogen-bond acceptors (Lipinski definition) is 6. The number of aromatic nitrogens is 2. The van der Waals surface area contributed by atoms with Crippen molar-refractivity contribution in [3.05, 3.63) is 29.5 Å². The van der Waals surface area contributed by atoms with E-state index in [0.717, 1.165) is 5.56 Å². The number of nitrogen functional groups attached to an aromatic ring is 1. The molecule has 7 heteroatoms. The molecule has 2 rings (SSSR count). The van der Waals surface area contributed by atoms with Crippen LogP contribution in [0.1, 0.15) is 23.0 Å². The summed E-state index contributed by atoms with van der Waals surface area (Å²) in [4.78, 5) is 11.9. The number of nitrogens with one attached hydrogen (secondary N) is 1. The van der Waals surface area contributed by atoms with Gasteiger partial charge in [-0.15, -0.1) is 0 Å². The van der Waals surface area contributed by atoms with E-state index >= 15 is 0 Å². The van der Waals surface area contributed by atoms with Crippen LogP contribution in [0.3, 0.4) is 0 Å². The van der Waals surface area contributed by atoms with Crippen LogP contribution in [0.25, 0.3) is 0 Å². The molecule has 0 saturated heterocycles. The fraction of sp³-hybridized carbons (Fsp3) is 0.250. The third-order valence-electron chi connectivity index (χ3n) is 2.41. The van der Waals surface area contributed by atoms with Gasteiger partial charge in [-0.3, -0.25) is 4.79 Å². The number of nitrogens with two attached hydrogens (primary N) is 1. The highest BCUT2D eigenvalue weighted by Gasteiger charge is 2.17. The number of rotatable bonds is 4. The number of anilines is 2. The van der Waals surface area contributed by atoms with E-state index in [1.807, 2.05) is 26.0 Å². The highest BCUT2D eigenvalue weighted by Crippen LogP contribution is 2.26. The van der Waals surface area contributed by atoms with Gasteiger partial charge in [0.25, 0.3) is 5.91 Å². The summed E-state index contributed by atoms with van der Waals surface area (Å²) in [6.45, 7) is 4.31. The second-order valence-electron chi connectivity index (χ2n) is 3.88. The van der Waals surface area contributed by atoms with Crippen LogP contribution in [-0.2, 0) is 0 Å². The molecule has 0 aliphatic carbocycles. The molecule has 100 valence electrons. The van der Waals surface area contributed by atoms with Crippen LogP contribution < -0.4 is 15.8 Å². The van der Waals surface area contributed by atoms with Gasteiger partial charge < -0.3 is 15.8 Å². The van der Waals surface area contributed by atoms with Crippen LogP contribution in [0, 0.1) is 6.92 Å². The van der Waals surface area contributed by atoms with Crippen molar-refractivity contribution in [1.82, 2.24) is 10.3 Å². The Balaban J connectivity index is 2.23. The third kappa shape index (κ3) is 2.82. The molecule has 1 aromatic carbocycles. The lowest BCUT2D eigenvalue weighted by Crippen LogP contribution is -2.15. The molecule has 0 fully saturated rings. The van der Waals surface area contributed by atoms with E-state index in [4.69, 9.17) is 10.5 Å². The normalized spacial score (nSPS) is 10.2. The van der Waals surface area contributed by atoms with Gasteiger partial charge in [0, 0.05) is 0 Å². The predicted molar refractivity (Wildman–Crippen MR) is 69.0 cm³/mol. The summed E-state index contributed by atoms with van der Waals surface area (Å²) in [7, 11) is 0. The van der Waals surface area contributed by atoms with Crippen LogP contribution in [0.4, 0.5) is 11.5 Å². The number of aryl methyl sites for hydroxylation is 1. The molecule has 2 aromatic rings. The summed E-state index contributed by atoms with van der Waals surface area (Å²) in [5.41, 5.74) is 6.98. The number of nitrogens with zero attached hydrogens (tertiary/aromatic N) is 2. The van der Waals surface area contributed by atoms with Gasteiger partial charge in [0.1, 0.15) is 5.75 Å². The van der Waals surface area contributed by atoms with Crippen LogP contribution in [0.5, 0.6) is 5.75 Å². The standard InChI is InChI=1S/C12H14N4O3/c1-3-18-9-6-7(2)4-5-8(9)14-12(17)10-11(13)16-19-15-10/h4-6H,3H2,1-2H3,(H2,13,16)(H,14,17). The van der Waals surface area contributed by atoms with Gasteiger partial charge in [0.05, 0.1) is 12.3 Å². The maximum Gasteiger partial charge on any atom is 0.281 e. The maximum absolute atomic E-state index is 11.9. The van der Waals surface area contributed by atoms with Crippen molar-refractivity contribution in [2.45, 2.75) is 13.8 Å². The Morgan fingerprint density at radius 1 is 1.47 bits per heavy atom. The molecule has 1 amide bonds. The first-order valence-corrected chi connectivity index (χ1v) is 5.74. The average molecular weight is 262 g/mol. The largest absolute Gasteiger partial charge is 0.492 e. The summed E-state index contributed by atoms with van der Waals surface area (Å²) in [5.74, 6) is 0.0389. The van der Waals surface area contributed by atoms with E-state index < -0.39 is 5.91 Å². The Bertz CT molecular complexity index is 594. The summed E-state index contributed by atoms with van der Waals surface area (Å²) in [6, 6.07) is 5.45. The molecule has 0 aliphatic rings. The van der Waals surface area contributed by atoms with Crippen molar-refractivity contribution in [1.29, 1.82) is 0 Å². The number of carbonyl (C=O) groups excluding carboxylic acids is 1. The summed E-state index contributed by atoms with van der Waals surface area (Å²) in [5, 5.41) is 9.45. The molecular weight excluding hydrogens is 248 g/mol. The van der Waals surface area contributed by atoms with E-state index in [-0.39, 0.29) is 11.5 Å². The summed E-state index contributed by atoms with van der Waals surface area (Å²) >= 11 is 0. The fourth-order valence-electron chi connectivity index (χ4n) is 1.54. The number of hydrogen-bond donors (Lipinski definition) is 2. The SMILES string of the molecule is CCOc1cc(C)ccc1NC(=O)c1nonc1N. The average Bonchev–Trinajstić information content (AvgIpc) is 2.79. The zero-order valence-corrected chi connectivity index (χ0v) is 10.6. The molecule has 1 heterocycles. The van der Waals surface area contributed by atoms with Crippen LogP contribution in [0.2, 0.25) is 0 Å². The molecule has 0 aliphatic heterocycles. The van der Waals surface area contributed by atoms with Crippen molar-refractivity contribution in [3.8, 4) is 5.75 Å². The first-order chi connectivity index (χ1) is 9.11. The van der Waals surface area contributed by atoms with Gasteiger partial charge in [-0.1, -0.05) is 6.07 Å².